The Kier molecular flexibility index (Phi) is 3.85. The molecule has 1 rings (SSSR count). The zero-order valence-electron chi connectivity index (χ0n) is 9.28. The first-order chi connectivity index (χ1) is 7.04. The third kappa shape index (κ3) is 3.06. The molecule has 15 heavy (non-hydrogen) atoms. The van der Waals surface area contributed by atoms with Gasteiger partial charge in [0, 0.05) is 0 Å². The number of hydrogen-bond donors (Lipinski definition) is 2. The molecule has 1 heterocycles. The normalized spacial score (nSPS) is 14.7. The first-order valence-corrected chi connectivity index (χ1v) is 5.02. The average molecular weight is 211 g/mol. The second kappa shape index (κ2) is 4.93. The van der Waals surface area contributed by atoms with E-state index in [1.807, 2.05) is 20.8 Å². The molecule has 0 saturated heterocycles. The monoisotopic (exact) mass is 211 g/mol. The van der Waals surface area contributed by atoms with Crippen molar-refractivity contribution in [2.24, 2.45) is 5.73 Å². The van der Waals surface area contributed by atoms with Crippen LogP contribution < -0.4 is 11.1 Å². The van der Waals surface area contributed by atoms with Crippen molar-refractivity contribution in [2.45, 2.75) is 39.3 Å². The number of hydrogen-bond acceptors (Lipinski definition) is 4. The van der Waals surface area contributed by atoms with Crippen LogP contribution in [0.25, 0.3) is 0 Å². The lowest BCUT2D eigenvalue weighted by atomic mass is 10.2. The summed E-state index contributed by atoms with van der Waals surface area (Å²) in [7, 11) is 0. The summed E-state index contributed by atoms with van der Waals surface area (Å²) in [4.78, 5) is 15.5. The summed E-state index contributed by atoms with van der Waals surface area (Å²) in [6.45, 7) is 5.48. The van der Waals surface area contributed by atoms with E-state index in [1.54, 1.807) is 6.20 Å². The molecule has 0 aromatic carbocycles. The lowest BCUT2D eigenvalue weighted by Crippen LogP contribution is -2.41. The summed E-state index contributed by atoms with van der Waals surface area (Å²) >= 11 is 0. The molecule has 1 amide bonds. The number of nitrogens with two attached hydrogens (primary N) is 1. The van der Waals surface area contributed by atoms with Crippen molar-refractivity contribution in [1.82, 2.24) is 10.3 Å². The van der Waals surface area contributed by atoms with Crippen molar-refractivity contribution >= 4 is 5.91 Å². The Hall–Kier alpha value is -1.36. The van der Waals surface area contributed by atoms with Gasteiger partial charge in [-0.25, -0.2) is 4.98 Å². The number of aromatic nitrogens is 1. The van der Waals surface area contributed by atoms with Crippen molar-refractivity contribution in [2.75, 3.05) is 0 Å². The van der Waals surface area contributed by atoms with Gasteiger partial charge >= 0.3 is 0 Å². The Morgan fingerprint density at radius 1 is 1.73 bits per heavy atom. The summed E-state index contributed by atoms with van der Waals surface area (Å²) in [6.07, 6.45) is 2.24. The number of nitrogens with zero attached hydrogens (tertiary/aromatic N) is 1. The summed E-state index contributed by atoms with van der Waals surface area (Å²) in [5.41, 5.74) is 5.59. The van der Waals surface area contributed by atoms with Crippen molar-refractivity contribution in [3.05, 3.63) is 17.8 Å². The first-order valence-electron chi connectivity index (χ1n) is 5.02. The minimum absolute atomic E-state index is 0.180. The highest BCUT2D eigenvalue weighted by atomic mass is 16.4. The fourth-order valence-electron chi connectivity index (χ4n) is 1.14. The highest BCUT2D eigenvalue weighted by Gasteiger charge is 2.17. The predicted molar refractivity (Wildman–Crippen MR) is 56.1 cm³/mol. The molecule has 5 heteroatoms. The maximum absolute atomic E-state index is 11.5. The van der Waals surface area contributed by atoms with Gasteiger partial charge in [-0.1, -0.05) is 6.92 Å². The first kappa shape index (κ1) is 11.7. The van der Waals surface area contributed by atoms with Gasteiger partial charge < -0.3 is 15.5 Å². The van der Waals surface area contributed by atoms with Crippen molar-refractivity contribution in [3.63, 3.8) is 0 Å². The molecular formula is C10H17N3O2. The van der Waals surface area contributed by atoms with E-state index in [1.165, 1.54) is 0 Å². The van der Waals surface area contributed by atoms with E-state index < -0.39 is 6.04 Å². The summed E-state index contributed by atoms with van der Waals surface area (Å²) in [5, 5.41) is 2.74. The van der Waals surface area contributed by atoms with Gasteiger partial charge in [0.05, 0.1) is 12.2 Å². The van der Waals surface area contributed by atoms with Crippen LogP contribution in [0.3, 0.4) is 0 Å². The molecule has 1 aromatic heterocycles. The predicted octanol–water partition coefficient (Wildman–Crippen LogP) is 0.898. The van der Waals surface area contributed by atoms with Crippen LogP contribution in [0.1, 0.15) is 38.0 Å². The standard InChI is InChI=1S/C10H17N3O2/c1-4-8(11)9(14)13-7(3)10-12-5-6(2)15-10/h5,7-8H,4,11H2,1-3H3,(H,13,14). The number of carbonyl (C=O) groups excluding carboxylic acids is 1. The molecule has 0 aliphatic heterocycles. The van der Waals surface area contributed by atoms with Crippen molar-refractivity contribution in [3.8, 4) is 0 Å². The number of rotatable bonds is 4. The zero-order valence-corrected chi connectivity index (χ0v) is 9.28. The molecule has 0 aliphatic rings. The maximum Gasteiger partial charge on any atom is 0.237 e. The third-order valence-electron chi connectivity index (χ3n) is 2.14. The molecule has 0 spiro atoms. The number of oxazole rings is 1. The van der Waals surface area contributed by atoms with E-state index in [0.717, 1.165) is 5.76 Å². The lowest BCUT2D eigenvalue weighted by molar-refractivity contribution is -0.123. The van der Waals surface area contributed by atoms with Crippen LogP contribution in [0.4, 0.5) is 0 Å². The van der Waals surface area contributed by atoms with Crippen LogP contribution in [-0.2, 0) is 4.79 Å². The number of nitrogens with one attached hydrogen (secondary N) is 1. The Morgan fingerprint density at radius 2 is 2.40 bits per heavy atom. The number of aryl methyl sites for hydroxylation is 1. The smallest absolute Gasteiger partial charge is 0.237 e. The molecule has 84 valence electrons. The maximum atomic E-state index is 11.5. The second-order valence-corrected chi connectivity index (χ2v) is 3.55. The zero-order chi connectivity index (χ0) is 11.4. The summed E-state index contributed by atoms with van der Waals surface area (Å²) in [6, 6.07) is -0.715. The molecular weight excluding hydrogens is 194 g/mol. The van der Waals surface area contributed by atoms with Gasteiger partial charge in [-0.2, -0.15) is 0 Å². The van der Waals surface area contributed by atoms with Crippen LogP contribution in [0.15, 0.2) is 10.6 Å². The quantitative estimate of drug-likeness (QED) is 0.775. The van der Waals surface area contributed by atoms with Crippen LogP contribution in [0.5, 0.6) is 0 Å². The van der Waals surface area contributed by atoms with Gasteiger partial charge in [0.25, 0.3) is 0 Å². The van der Waals surface area contributed by atoms with Crippen LogP contribution in [-0.4, -0.2) is 16.9 Å². The highest BCUT2D eigenvalue weighted by Crippen LogP contribution is 2.11. The van der Waals surface area contributed by atoms with E-state index in [4.69, 9.17) is 10.2 Å². The molecule has 2 unspecified atom stereocenters. The summed E-state index contributed by atoms with van der Waals surface area (Å²) in [5.74, 6) is 1.05. The molecule has 2 atom stereocenters. The summed E-state index contributed by atoms with van der Waals surface area (Å²) < 4.78 is 5.29. The topological polar surface area (TPSA) is 81.2 Å². The molecule has 0 bridgehead atoms. The Labute approximate surface area is 89.1 Å². The van der Waals surface area contributed by atoms with Gasteiger partial charge in [0.1, 0.15) is 11.8 Å². The Morgan fingerprint density at radius 3 is 2.87 bits per heavy atom. The minimum atomic E-state index is -0.469. The van der Waals surface area contributed by atoms with E-state index in [-0.39, 0.29) is 11.9 Å². The highest BCUT2D eigenvalue weighted by molar-refractivity contribution is 5.81. The van der Waals surface area contributed by atoms with Crippen molar-refractivity contribution < 1.29 is 9.21 Å². The molecule has 1 aromatic rings. The van der Waals surface area contributed by atoms with Crippen LogP contribution in [0, 0.1) is 6.92 Å². The average Bonchev–Trinajstić information content (AvgIpc) is 2.63. The molecule has 0 fully saturated rings. The van der Waals surface area contributed by atoms with Crippen molar-refractivity contribution in [1.29, 1.82) is 0 Å². The Bertz CT molecular complexity index is 335. The lowest BCUT2D eigenvalue weighted by Gasteiger charge is -2.13. The fourth-order valence-corrected chi connectivity index (χ4v) is 1.14. The molecule has 3 N–H and O–H groups in total. The number of carbonyl (C=O) groups is 1. The van der Waals surface area contributed by atoms with Gasteiger partial charge in [-0.3, -0.25) is 4.79 Å². The third-order valence-corrected chi connectivity index (χ3v) is 2.14. The van der Waals surface area contributed by atoms with E-state index in [2.05, 4.69) is 10.3 Å². The fraction of sp³-hybridized carbons (Fsp3) is 0.600. The van der Waals surface area contributed by atoms with Crippen LogP contribution in [0.2, 0.25) is 0 Å². The van der Waals surface area contributed by atoms with E-state index in [9.17, 15) is 4.79 Å². The molecule has 0 aliphatic carbocycles. The van der Waals surface area contributed by atoms with E-state index >= 15 is 0 Å². The van der Waals surface area contributed by atoms with E-state index in [0.29, 0.717) is 12.3 Å². The molecule has 0 radical (unpaired) electrons. The SMILES string of the molecule is CCC(N)C(=O)NC(C)c1ncc(C)o1. The Balaban J connectivity index is 2.56. The molecule has 0 saturated carbocycles. The van der Waals surface area contributed by atoms with Gasteiger partial charge in [0.2, 0.25) is 11.8 Å². The second-order valence-electron chi connectivity index (χ2n) is 3.55. The molecule has 5 nitrogen and oxygen atoms in total. The van der Waals surface area contributed by atoms with Gasteiger partial charge in [-0.05, 0) is 20.3 Å². The number of amides is 1. The van der Waals surface area contributed by atoms with Crippen LogP contribution >= 0.6 is 0 Å². The minimum Gasteiger partial charge on any atom is -0.444 e. The van der Waals surface area contributed by atoms with Gasteiger partial charge in [0.15, 0.2) is 0 Å². The largest absolute Gasteiger partial charge is 0.444 e. The van der Waals surface area contributed by atoms with Gasteiger partial charge in [-0.15, -0.1) is 0 Å².